The smallest absolute Gasteiger partial charge is 0.235 e. The lowest BCUT2D eigenvalue weighted by molar-refractivity contribution is 0.245. The lowest BCUT2D eigenvalue weighted by Gasteiger charge is -2.38. The Morgan fingerprint density at radius 1 is 1.42 bits per heavy atom. The predicted octanol–water partition coefficient (Wildman–Crippen LogP) is 3.67. The maximum absolute atomic E-state index is 14.0. The Hall–Kier alpha value is -1.67. The van der Waals surface area contributed by atoms with E-state index in [0.717, 1.165) is 24.8 Å². The van der Waals surface area contributed by atoms with Crippen molar-refractivity contribution in [1.29, 1.82) is 0 Å². The van der Waals surface area contributed by atoms with Gasteiger partial charge in [-0.2, -0.15) is 4.99 Å². The highest BCUT2D eigenvalue weighted by atomic mass is 19.1. The number of carbonyl (C=O) groups excluding carboxylic acids is 1. The molecular weight excluding hydrogens is 245 g/mol. The predicted molar refractivity (Wildman–Crippen MR) is 70.7 cm³/mol. The van der Waals surface area contributed by atoms with Crippen LogP contribution in [-0.2, 0) is 10.3 Å². The maximum atomic E-state index is 14.0. The molecule has 1 aliphatic carbocycles. The maximum Gasteiger partial charge on any atom is 0.235 e. The molecule has 0 aliphatic heterocycles. The van der Waals surface area contributed by atoms with Gasteiger partial charge < -0.3 is 4.74 Å². The zero-order chi connectivity index (χ0) is 14.0. The molecule has 0 radical (unpaired) electrons. The molecule has 0 atom stereocenters. The number of methoxy groups -OCH3 is 1. The van der Waals surface area contributed by atoms with Crippen LogP contribution >= 0.6 is 0 Å². The molecule has 1 aromatic rings. The third-order valence-corrected chi connectivity index (χ3v) is 3.88. The Bertz CT molecular complexity index is 529. The summed E-state index contributed by atoms with van der Waals surface area (Å²) in [6.45, 7) is 3.87. The highest BCUT2D eigenvalue weighted by Gasteiger charge is 2.41. The van der Waals surface area contributed by atoms with E-state index in [2.05, 4.69) is 4.99 Å². The first-order chi connectivity index (χ1) is 9.04. The van der Waals surface area contributed by atoms with Crippen LogP contribution in [0.2, 0.25) is 0 Å². The summed E-state index contributed by atoms with van der Waals surface area (Å²) in [5.41, 5.74) is 0.864. The van der Waals surface area contributed by atoms with E-state index in [1.54, 1.807) is 12.1 Å². The minimum absolute atomic E-state index is 0.0713. The zero-order valence-electron chi connectivity index (χ0n) is 11.5. The van der Waals surface area contributed by atoms with Gasteiger partial charge in [-0.15, -0.1) is 0 Å². The summed E-state index contributed by atoms with van der Waals surface area (Å²) in [7, 11) is 1.50. The second-order valence-corrected chi connectivity index (χ2v) is 5.32. The lowest BCUT2D eigenvalue weighted by atomic mass is 9.71. The van der Waals surface area contributed by atoms with Crippen LogP contribution in [0.4, 0.5) is 4.39 Å². The van der Waals surface area contributed by atoms with Gasteiger partial charge in [0.1, 0.15) is 17.1 Å². The summed E-state index contributed by atoms with van der Waals surface area (Å²) in [6.07, 6.45) is 4.21. The minimum atomic E-state index is -0.565. The van der Waals surface area contributed by atoms with Gasteiger partial charge in [0, 0.05) is 11.6 Å². The number of nitrogens with zero attached hydrogens (tertiary/aromatic N) is 1. The largest absolute Gasteiger partial charge is 0.496 e. The summed E-state index contributed by atoms with van der Waals surface area (Å²) < 4.78 is 19.2. The molecule has 0 aromatic heterocycles. The lowest BCUT2D eigenvalue weighted by Crippen LogP contribution is -2.32. The quantitative estimate of drug-likeness (QED) is 0.614. The van der Waals surface area contributed by atoms with Gasteiger partial charge in [-0.1, -0.05) is 13.8 Å². The molecule has 2 rings (SSSR count). The topological polar surface area (TPSA) is 38.7 Å². The summed E-state index contributed by atoms with van der Waals surface area (Å²) in [4.78, 5) is 14.6. The molecule has 1 aromatic carbocycles. The van der Waals surface area contributed by atoms with Crippen LogP contribution in [0.5, 0.6) is 5.75 Å². The SMILES string of the molecule is COc1cc(F)c(C(C)C)cc1C1(N=C=O)CCC1. The van der Waals surface area contributed by atoms with Crippen LogP contribution in [0.25, 0.3) is 0 Å². The Labute approximate surface area is 112 Å². The fourth-order valence-corrected chi connectivity index (χ4v) is 2.59. The molecule has 1 saturated carbocycles. The second kappa shape index (κ2) is 5.14. The first kappa shape index (κ1) is 13.8. The summed E-state index contributed by atoms with van der Waals surface area (Å²) in [5.74, 6) is 0.253. The van der Waals surface area contributed by atoms with Gasteiger partial charge in [-0.05, 0) is 36.8 Å². The van der Waals surface area contributed by atoms with Crippen LogP contribution < -0.4 is 4.74 Å². The molecule has 4 heteroatoms. The van der Waals surface area contributed by atoms with Gasteiger partial charge in [0.05, 0.1) is 7.11 Å². The minimum Gasteiger partial charge on any atom is -0.496 e. The number of ether oxygens (including phenoxy) is 1. The van der Waals surface area contributed by atoms with E-state index in [4.69, 9.17) is 4.74 Å². The van der Waals surface area contributed by atoms with Crippen molar-refractivity contribution in [2.45, 2.75) is 44.6 Å². The average molecular weight is 263 g/mol. The number of benzene rings is 1. The number of hydrogen-bond acceptors (Lipinski definition) is 3. The monoisotopic (exact) mass is 263 g/mol. The van der Waals surface area contributed by atoms with E-state index >= 15 is 0 Å². The Balaban J connectivity index is 2.60. The molecule has 0 bridgehead atoms. The Morgan fingerprint density at radius 2 is 2.11 bits per heavy atom. The van der Waals surface area contributed by atoms with Gasteiger partial charge in [0.25, 0.3) is 0 Å². The van der Waals surface area contributed by atoms with E-state index < -0.39 is 5.54 Å². The molecule has 1 aliphatic rings. The van der Waals surface area contributed by atoms with Gasteiger partial charge in [-0.25, -0.2) is 9.18 Å². The van der Waals surface area contributed by atoms with Crippen LogP contribution in [0, 0.1) is 5.82 Å². The fourth-order valence-electron chi connectivity index (χ4n) is 2.59. The standard InChI is InChI=1S/C15H18FNO2/c1-10(2)11-7-12(14(19-3)8-13(11)16)15(17-9-18)5-4-6-15/h7-8,10H,4-6H2,1-3H3. The van der Waals surface area contributed by atoms with Gasteiger partial charge in [-0.3, -0.25) is 0 Å². The molecule has 0 spiro atoms. The number of hydrogen-bond donors (Lipinski definition) is 0. The van der Waals surface area contributed by atoms with Crippen molar-refractivity contribution in [3.63, 3.8) is 0 Å². The van der Waals surface area contributed by atoms with Gasteiger partial charge in [0.15, 0.2) is 0 Å². The molecule has 0 N–H and O–H groups in total. The summed E-state index contributed by atoms with van der Waals surface area (Å²) in [5, 5.41) is 0. The molecule has 1 fully saturated rings. The van der Waals surface area contributed by atoms with E-state index in [9.17, 15) is 9.18 Å². The van der Waals surface area contributed by atoms with Gasteiger partial charge >= 0.3 is 0 Å². The van der Waals surface area contributed by atoms with Crippen LogP contribution in [-0.4, -0.2) is 13.2 Å². The number of aliphatic imine (C=N–C) groups is 1. The highest BCUT2D eigenvalue weighted by Crippen LogP contribution is 2.49. The van der Waals surface area contributed by atoms with Crippen molar-refractivity contribution in [2.75, 3.05) is 7.11 Å². The van der Waals surface area contributed by atoms with E-state index in [-0.39, 0.29) is 11.7 Å². The molecule has 0 saturated heterocycles. The fraction of sp³-hybridized carbons (Fsp3) is 0.533. The molecule has 0 amide bonds. The van der Waals surface area contributed by atoms with Crippen molar-refractivity contribution in [2.24, 2.45) is 4.99 Å². The molecular formula is C15H18FNO2. The van der Waals surface area contributed by atoms with Crippen molar-refractivity contribution in [1.82, 2.24) is 0 Å². The average Bonchev–Trinajstić information content (AvgIpc) is 2.33. The molecule has 0 unspecified atom stereocenters. The Morgan fingerprint density at radius 3 is 2.53 bits per heavy atom. The van der Waals surface area contributed by atoms with Crippen molar-refractivity contribution in [3.8, 4) is 5.75 Å². The first-order valence-electron chi connectivity index (χ1n) is 6.51. The summed E-state index contributed by atoms with van der Waals surface area (Å²) >= 11 is 0. The number of isocyanates is 1. The summed E-state index contributed by atoms with van der Waals surface area (Å²) in [6, 6.07) is 3.18. The van der Waals surface area contributed by atoms with Crippen LogP contribution in [0.1, 0.15) is 50.2 Å². The first-order valence-corrected chi connectivity index (χ1v) is 6.51. The van der Waals surface area contributed by atoms with E-state index in [1.165, 1.54) is 13.2 Å². The van der Waals surface area contributed by atoms with E-state index in [0.29, 0.717) is 11.3 Å². The van der Waals surface area contributed by atoms with Crippen LogP contribution in [0.15, 0.2) is 17.1 Å². The van der Waals surface area contributed by atoms with Gasteiger partial charge in [0.2, 0.25) is 6.08 Å². The third-order valence-electron chi connectivity index (χ3n) is 3.88. The number of halogens is 1. The second-order valence-electron chi connectivity index (χ2n) is 5.32. The Kier molecular flexibility index (Phi) is 3.72. The third kappa shape index (κ3) is 2.28. The van der Waals surface area contributed by atoms with Crippen LogP contribution in [0.3, 0.4) is 0 Å². The molecule has 0 heterocycles. The highest BCUT2D eigenvalue weighted by molar-refractivity contribution is 5.48. The zero-order valence-corrected chi connectivity index (χ0v) is 11.5. The van der Waals surface area contributed by atoms with Crippen molar-refractivity contribution in [3.05, 3.63) is 29.1 Å². The van der Waals surface area contributed by atoms with Crippen molar-refractivity contribution < 1.29 is 13.9 Å². The molecule has 19 heavy (non-hydrogen) atoms. The molecule has 102 valence electrons. The normalized spacial score (nSPS) is 16.7. The molecule has 3 nitrogen and oxygen atoms in total. The van der Waals surface area contributed by atoms with Crippen molar-refractivity contribution >= 4 is 6.08 Å². The number of rotatable bonds is 4. The van der Waals surface area contributed by atoms with E-state index in [1.807, 2.05) is 13.8 Å².